The van der Waals surface area contributed by atoms with Gasteiger partial charge in [-0.2, -0.15) is 4.98 Å². The van der Waals surface area contributed by atoms with Crippen LogP contribution in [-0.4, -0.2) is 40.2 Å². The van der Waals surface area contributed by atoms with Crippen molar-refractivity contribution in [2.75, 3.05) is 11.9 Å². The number of primary amides is 1. The van der Waals surface area contributed by atoms with Crippen LogP contribution in [0.2, 0.25) is 0 Å². The maximum absolute atomic E-state index is 12.0. The Morgan fingerprint density at radius 2 is 1.91 bits per heavy atom. The van der Waals surface area contributed by atoms with E-state index in [1.165, 1.54) is 0 Å². The van der Waals surface area contributed by atoms with Gasteiger partial charge in [-0.05, 0) is 65.2 Å². The molecule has 0 atom stereocenters. The molecule has 4 N–H and O–H groups in total. The Hall–Kier alpha value is -3.36. The molecule has 2 amide bonds. The summed E-state index contributed by atoms with van der Waals surface area (Å²) in [5.74, 6) is -0.0781. The number of amides is 2. The van der Waals surface area contributed by atoms with Crippen molar-refractivity contribution in [1.82, 2.24) is 15.3 Å². The average molecular weight is 444 g/mol. The molecule has 0 spiro atoms. The minimum absolute atomic E-state index is 0.0509. The van der Waals surface area contributed by atoms with Crippen molar-refractivity contribution in [3.63, 3.8) is 0 Å². The number of nitrogens with two attached hydrogens (primary N) is 1. The third kappa shape index (κ3) is 7.72. The number of rotatable bonds is 9. The number of aryl methyl sites for hydroxylation is 1. The van der Waals surface area contributed by atoms with Crippen LogP contribution in [0.5, 0.6) is 5.88 Å². The van der Waals surface area contributed by atoms with Crippen LogP contribution in [-0.2, 0) is 17.6 Å². The summed E-state index contributed by atoms with van der Waals surface area (Å²) in [5, 5.41) is 5.86. The summed E-state index contributed by atoms with van der Waals surface area (Å²) >= 11 is 0. The Labute approximate surface area is 189 Å². The first-order valence-corrected chi connectivity index (χ1v) is 10.7. The molecule has 2 aromatic rings. The lowest BCUT2D eigenvalue weighted by molar-refractivity contribution is 0.0528. The van der Waals surface area contributed by atoms with Crippen molar-refractivity contribution in [3.05, 3.63) is 41.2 Å². The molecule has 0 saturated heterocycles. The second kappa shape index (κ2) is 10.8. The Morgan fingerprint density at radius 1 is 1.19 bits per heavy atom. The smallest absolute Gasteiger partial charge is 0.407 e. The van der Waals surface area contributed by atoms with E-state index in [1.807, 2.05) is 65.8 Å². The number of nitrogens with zero attached hydrogens (tertiary/aromatic N) is 2. The van der Waals surface area contributed by atoms with Crippen LogP contribution >= 0.6 is 0 Å². The summed E-state index contributed by atoms with van der Waals surface area (Å²) in [6.07, 6.45) is 0.597. The lowest BCUT2D eigenvalue weighted by Gasteiger charge is -2.19. The van der Waals surface area contributed by atoms with E-state index in [9.17, 15) is 9.59 Å². The van der Waals surface area contributed by atoms with Crippen LogP contribution < -0.4 is 21.1 Å². The molecule has 174 valence electrons. The van der Waals surface area contributed by atoms with Crippen LogP contribution in [0.15, 0.2) is 24.3 Å². The van der Waals surface area contributed by atoms with Crippen LogP contribution in [0.4, 0.5) is 16.3 Å². The summed E-state index contributed by atoms with van der Waals surface area (Å²) in [6.45, 7) is 11.6. The summed E-state index contributed by atoms with van der Waals surface area (Å²) in [7, 11) is 0. The molecule has 0 aliphatic rings. The van der Waals surface area contributed by atoms with Gasteiger partial charge < -0.3 is 25.8 Å². The van der Waals surface area contributed by atoms with Crippen LogP contribution in [0.25, 0.3) is 0 Å². The summed E-state index contributed by atoms with van der Waals surface area (Å²) in [6, 6.07) is 7.55. The maximum atomic E-state index is 12.0. The molecule has 0 aliphatic carbocycles. The Morgan fingerprint density at radius 3 is 2.50 bits per heavy atom. The van der Waals surface area contributed by atoms with Gasteiger partial charge in [0.2, 0.25) is 5.88 Å². The monoisotopic (exact) mass is 443 g/mol. The number of benzene rings is 1. The van der Waals surface area contributed by atoms with E-state index in [1.54, 1.807) is 0 Å². The zero-order chi connectivity index (χ0) is 23.9. The van der Waals surface area contributed by atoms with E-state index in [0.29, 0.717) is 36.6 Å². The molecule has 0 unspecified atom stereocenters. The first-order chi connectivity index (χ1) is 15.0. The molecule has 2 rings (SSSR count). The van der Waals surface area contributed by atoms with E-state index in [0.717, 1.165) is 5.56 Å². The van der Waals surface area contributed by atoms with E-state index in [4.69, 9.17) is 15.2 Å². The molecule has 1 aromatic carbocycles. The predicted octanol–water partition coefficient (Wildman–Crippen LogP) is 3.74. The number of aromatic nitrogens is 2. The largest absolute Gasteiger partial charge is 0.474 e. The molecule has 9 nitrogen and oxygen atoms in total. The van der Waals surface area contributed by atoms with E-state index in [-0.39, 0.29) is 17.6 Å². The molecule has 0 saturated carbocycles. The van der Waals surface area contributed by atoms with E-state index >= 15 is 0 Å². The number of hydrogen-bond acceptors (Lipinski definition) is 7. The predicted molar refractivity (Wildman–Crippen MR) is 123 cm³/mol. The number of anilines is 2. The number of carbonyl (C=O) groups is 2. The molecule has 0 aliphatic heterocycles. The second-order valence-electron chi connectivity index (χ2n) is 8.56. The van der Waals surface area contributed by atoms with Gasteiger partial charge in [0, 0.05) is 12.2 Å². The third-order valence-corrected chi connectivity index (χ3v) is 4.12. The van der Waals surface area contributed by atoms with Gasteiger partial charge in [-0.15, -0.1) is 0 Å². The maximum Gasteiger partial charge on any atom is 0.407 e. The molecule has 0 bridgehead atoms. The highest BCUT2D eigenvalue weighted by atomic mass is 16.6. The summed E-state index contributed by atoms with van der Waals surface area (Å²) in [4.78, 5) is 32.6. The van der Waals surface area contributed by atoms with Crippen molar-refractivity contribution < 1.29 is 19.1 Å². The second-order valence-corrected chi connectivity index (χ2v) is 8.56. The Balaban J connectivity index is 2.16. The van der Waals surface area contributed by atoms with Gasteiger partial charge in [0.25, 0.3) is 5.91 Å². The molecule has 9 heteroatoms. The molecule has 32 heavy (non-hydrogen) atoms. The molecule has 1 aromatic heterocycles. The minimum atomic E-state index is -0.677. The normalized spacial score (nSPS) is 11.2. The van der Waals surface area contributed by atoms with Gasteiger partial charge in [0.1, 0.15) is 11.3 Å². The molecule has 1 heterocycles. The number of alkyl carbamates (subject to hydrolysis) is 1. The topological polar surface area (TPSA) is 128 Å². The van der Waals surface area contributed by atoms with Crippen LogP contribution in [0.3, 0.4) is 0 Å². The van der Waals surface area contributed by atoms with Crippen molar-refractivity contribution in [1.29, 1.82) is 0 Å². The van der Waals surface area contributed by atoms with Gasteiger partial charge in [-0.3, -0.25) is 4.79 Å². The summed E-state index contributed by atoms with van der Waals surface area (Å²) < 4.78 is 11.0. The lowest BCUT2D eigenvalue weighted by Crippen LogP contribution is -2.33. The first kappa shape index (κ1) is 24.9. The number of carbonyl (C=O) groups excluding carboxylic acids is 2. The fourth-order valence-electron chi connectivity index (χ4n) is 2.83. The van der Waals surface area contributed by atoms with Gasteiger partial charge in [-0.1, -0.05) is 19.1 Å². The third-order valence-electron chi connectivity index (χ3n) is 4.12. The van der Waals surface area contributed by atoms with Crippen LogP contribution in [0.1, 0.15) is 63.3 Å². The number of nitrogens with one attached hydrogen (secondary N) is 2. The average Bonchev–Trinajstić information content (AvgIpc) is 2.66. The van der Waals surface area contributed by atoms with Gasteiger partial charge >= 0.3 is 6.09 Å². The first-order valence-electron chi connectivity index (χ1n) is 10.7. The molecular formula is C23H33N5O4. The van der Waals surface area contributed by atoms with Crippen molar-refractivity contribution in [2.45, 2.75) is 66.1 Å². The van der Waals surface area contributed by atoms with Crippen molar-refractivity contribution >= 4 is 23.5 Å². The zero-order valence-electron chi connectivity index (χ0n) is 19.6. The minimum Gasteiger partial charge on any atom is -0.474 e. The number of hydrogen-bond donors (Lipinski definition) is 3. The molecular weight excluding hydrogens is 410 g/mol. The highest BCUT2D eigenvalue weighted by Crippen LogP contribution is 2.25. The van der Waals surface area contributed by atoms with Crippen molar-refractivity contribution in [3.8, 4) is 5.88 Å². The lowest BCUT2D eigenvalue weighted by atomic mass is 10.1. The standard InChI is InChI=1S/C23H33N5O4/c1-7-17-21(31-14(2)3)28-20(18(27-17)19(24)29)26-16-10-8-9-15(13-16)11-12-25-22(30)32-23(4,5)6/h8-10,13-14H,7,11-12H2,1-6H3,(H2,24,29)(H,25,30)(H,26,28). The molecule has 0 fully saturated rings. The highest BCUT2D eigenvalue weighted by molar-refractivity contribution is 5.96. The quantitative estimate of drug-likeness (QED) is 0.538. The fourth-order valence-corrected chi connectivity index (χ4v) is 2.83. The van der Waals surface area contributed by atoms with Crippen LogP contribution in [0, 0.1) is 0 Å². The van der Waals surface area contributed by atoms with Crippen molar-refractivity contribution in [2.24, 2.45) is 5.73 Å². The van der Waals surface area contributed by atoms with Gasteiger partial charge in [-0.25, -0.2) is 9.78 Å². The fraction of sp³-hybridized carbons (Fsp3) is 0.478. The Bertz CT molecular complexity index is 954. The van der Waals surface area contributed by atoms with E-state index < -0.39 is 17.6 Å². The van der Waals surface area contributed by atoms with E-state index in [2.05, 4.69) is 20.6 Å². The van der Waals surface area contributed by atoms with Gasteiger partial charge in [0.05, 0.1) is 6.10 Å². The SMILES string of the molecule is CCc1nc(C(N)=O)c(Nc2cccc(CCNC(=O)OC(C)(C)C)c2)nc1OC(C)C. The zero-order valence-corrected chi connectivity index (χ0v) is 19.6. The number of ether oxygens (including phenoxy) is 2. The van der Waals surface area contributed by atoms with Gasteiger partial charge in [0.15, 0.2) is 11.5 Å². The summed E-state index contributed by atoms with van der Waals surface area (Å²) in [5.41, 5.74) is 7.29. The Kier molecular flexibility index (Phi) is 8.40. The highest BCUT2D eigenvalue weighted by Gasteiger charge is 2.19. The molecule has 0 radical (unpaired) electrons.